The van der Waals surface area contributed by atoms with Gasteiger partial charge in [-0.05, 0) is 18.3 Å². The zero-order chi connectivity index (χ0) is 11.9. The number of carbonyl (C=O) groups excluding carboxylic acids is 1. The van der Waals surface area contributed by atoms with Crippen LogP contribution in [0, 0.1) is 11.8 Å². The lowest BCUT2D eigenvalue weighted by atomic mass is 9.82. The van der Waals surface area contributed by atoms with Crippen LogP contribution in [0.25, 0.3) is 0 Å². The predicted molar refractivity (Wildman–Crippen MR) is 72.0 cm³/mol. The van der Waals surface area contributed by atoms with E-state index in [1.807, 2.05) is 0 Å². The summed E-state index contributed by atoms with van der Waals surface area (Å²) in [4.78, 5) is 12.0. The predicted octanol–water partition coefficient (Wildman–Crippen LogP) is 4.89. The molecular formula is C16H28O. The lowest BCUT2D eigenvalue weighted by Crippen LogP contribution is -2.14. The first-order chi connectivity index (χ1) is 8.34. The highest BCUT2D eigenvalue weighted by Crippen LogP contribution is 2.29. The average molecular weight is 236 g/mol. The molecule has 2 rings (SSSR count). The molecule has 2 aliphatic rings. The van der Waals surface area contributed by atoms with Gasteiger partial charge in [-0.1, -0.05) is 64.2 Å². The Morgan fingerprint density at radius 2 is 1.29 bits per heavy atom. The molecule has 0 aromatic rings. The largest absolute Gasteiger partial charge is 0.300 e. The zero-order valence-corrected chi connectivity index (χ0v) is 11.3. The molecule has 0 unspecified atom stereocenters. The van der Waals surface area contributed by atoms with E-state index in [-0.39, 0.29) is 0 Å². The Hall–Kier alpha value is -0.330. The van der Waals surface area contributed by atoms with Crippen LogP contribution in [0.5, 0.6) is 0 Å². The third kappa shape index (κ3) is 4.81. The van der Waals surface area contributed by atoms with Crippen molar-refractivity contribution in [2.75, 3.05) is 0 Å². The molecule has 0 aromatic carbocycles. The van der Waals surface area contributed by atoms with Gasteiger partial charge >= 0.3 is 0 Å². The van der Waals surface area contributed by atoms with Crippen molar-refractivity contribution in [3.8, 4) is 0 Å². The van der Waals surface area contributed by atoms with Gasteiger partial charge in [0.05, 0.1) is 0 Å². The summed E-state index contributed by atoms with van der Waals surface area (Å²) in [5.74, 6) is 2.17. The molecule has 17 heavy (non-hydrogen) atoms. The van der Waals surface area contributed by atoms with E-state index in [0.717, 1.165) is 24.7 Å². The van der Waals surface area contributed by atoms with E-state index in [1.54, 1.807) is 0 Å². The minimum absolute atomic E-state index is 0.558. The van der Waals surface area contributed by atoms with Gasteiger partial charge in [-0.15, -0.1) is 0 Å². The van der Waals surface area contributed by atoms with Crippen molar-refractivity contribution in [3.05, 3.63) is 0 Å². The summed E-state index contributed by atoms with van der Waals surface area (Å²) in [7, 11) is 0. The second kappa shape index (κ2) is 7.18. The van der Waals surface area contributed by atoms with Gasteiger partial charge in [-0.25, -0.2) is 0 Å². The molecule has 0 atom stereocenters. The highest BCUT2D eigenvalue weighted by Gasteiger charge is 2.19. The van der Waals surface area contributed by atoms with Crippen molar-refractivity contribution in [2.45, 2.75) is 83.5 Å². The smallest absolute Gasteiger partial charge is 0.133 e. The van der Waals surface area contributed by atoms with E-state index in [2.05, 4.69) is 0 Å². The second-order valence-corrected chi connectivity index (χ2v) is 6.29. The Morgan fingerprint density at radius 3 is 1.88 bits per heavy atom. The first-order valence-electron chi connectivity index (χ1n) is 7.86. The Balaban J connectivity index is 1.59. The first kappa shape index (κ1) is 13.1. The fraction of sp³-hybridized carbons (Fsp3) is 0.938. The molecule has 0 amide bonds. The second-order valence-electron chi connectivity index (χ2n) is 6.29. The zero-order valence-electron chi connectivity index (χ0n) is 11.3. The van der Waals surface area contributed by atoms with E-state index in [1.165, 1.54) is 70.6 Å². The van der Waals surface area contributed by atoms with Crippen LogP contribution in [0.3, 0.4) is 0 Å². The van der Waals surface area contributed by atoms with Crippen LogP contribution in [-0.4, -0.2) is 5.78 Å². The summed E-state index contributed by atoms with van der Waals surface area (Å²) in [6.45, 7) is 0. The molecule has 0 radical (unpaired) electrons. The van der Waals surface area contributed by atoms with Crippen molar-refractivity contribution in [2.24, 2.45) is 11.8 Å². The topological polar surface area (TPSA) is 17.1 Å². The molecule has 0 spiro atoms. The van der Waals surface area contributed by atoms with Crippen molar-refractivity contribution < 1.29 is 4.79 Å². The van der Waals surface area contributed by atoms with Gasteiger partial charge in [-0.3, -0.25) is 4.79 Å². The van der Waals surface area contributed by atoms with Crippen LogP contribution >= 0.6 is 0 Å². The lowest BCUT2D eigenvalue weighted by molar-refractivity contribution is -0.120. The quantitative estimate of drug-likeness (QED) is 0.664. The van der Waals surface area contributed by atoms with E-state index >= 15 is 0 Å². The molecule has 0 saturated heterocycles. The van der Waals surface area contributed by atoms with E-state index < -0.39 is 0 Å². The highest BCUT2D eigenvalue weighted by molar-refractivity contribution is 5.78. The maximum atomic E-state index is 12.0. The molecule has 1 heteroatoms. The minimum Gasteiger partial charge on any atom is -0.300 e. The molecule has 0 N–H and O–H groups in total. The van der Waals surface area contributed by atoms with Crippen LogP contribution in [0.1, 0.15) is 83.5 Å². The summed E-state index contributed by atoms with van der Waals surface area (Å²) in [5, 5.41) is 0. The molecule has 1 nitrogen and oxygen atoms in total. The van der Waals surface area contributed by atoms with Crippen molar-refractivity contribution in [1.29, 1.82) is 0 Å². The molecular weight excluding hydrogens is 208 g/mol. The Morgan fingerprint density at radius 1 is 0.765 bits per heavy atom. The third-order valence-corrected chi connectivity index (χ3v) is 4.80. The van der Waals surface area contributed by atoms with Gasteiger partial charge in [0.15, 0.2) is 0 Å². The summed E-state index contributed by atoms with van der Waals surface area (Å²) >= 11 is 0. The summed E-state index contributed by atoms with van der Waals surface area (Å²) < 4.78 is 0. The summed E-state index contributed by atoms with van der Waals surface area (Å²) in [6, 6.07) is 0. The average Bonchev–Trinajstić information content (AvgIpc) is 2.39. The number of hydrogen-bond donors (Lipinski definition) is 0. The highest BCUT2D eigenvalue weighted by atomic mass is 16.1. The van der Waals surface area contributed by atoms with Crippen molar-refractivity contribution >= 4 is 5.78 Å². The Labute approximate surface area is 106 Å². The summed E-state index contributed by atoms with van der Waals surface area (Å²) in [5.41, 5.74) is 0. The number of carbonyl (C=O) groups is 1. The first-order valence-corrected chi connectivity index (χ1v) is 7.86. The molecule has 2 aliphatic carbocycles. The normalized spacial score (nSPS) is 23.8. The van der Waals surface area contributed by atoms with Gasteiger partial charge in [-0.2, -0.15) is 0 Å². The Bertz CT molecular complexity index is 222. The van der Waals surface area contributed by atoms with Crippen LogP contribution in [0.4, 0.5) is 0 Å². The van der Waals surface area contributed by atoms with Gasteiger partial charge in [0.2, 0.25) is 0 Å². The number of hydrogen-bond acceptors (Lipinski definition) is 1. The third-order valence-electron chi connectivity index (χ3n) is 4.80. The molecule has 2 fully saturated rings. The fourth-order valence-electron chi connectivity index (χ4n) is 3.66. The molecule has 98 valence electrons. The van der Waals surface area contributed by atoms with Crippen LogP contribution in [0.2, 0.25) is 0 Å². The standard InChI is InChI=1S/C16H28O/c17-16(13-15-9-5-2-6-10-15)12-11-14-7-3-1-4-8-14/h14-15H,1-13H2. The molecule has 0 aromatic heterocycles. The van der Waals surface area contributed by atoms with Gasteiger partial charge in [0, 0.05) is 12.8 Å². The van der Waals surface area contributed by atoms with E-state index in [4.69, 9.17) is 0 Å². The van der Waals surface area contributed by atoms with Gasteiger partial charge < -0.3 is 0 Å². The minimum atomic E-state index is 0.558. The number of rotatable bonds is 5. The van der Waals surface area contributed by atoms with Gasteiger partial charge in [0.25, 0.3) is 0 Å². The summed E-state index contributed by atoms with van der Waals surface area (Å²) in [6.07, 6.45) is 16.7. The van der Waals surface area contributed by atoms with Crippen molar-refractivity contribution in [1.82, 2.24) is 0 Å². The van der Waals surface area contributed by atoms with Crippen LogP contribution in [-0.2, 0) is 4.79 Å². The molecule has 0 bridgehead atoms. The SMILES string of the molecule is O=C(CCC1CCCCC1)CC1CCCCC1. The fourth-order valence-corrected chi connectivity index (χ4v) is 3.66. The molecule has 2 saturated carbocycles. The van der Waals surface area contributed by atoms with Crippen molar-refractivity contribution in [3.63, 3.8) is 0 Å². The molecule has 0 heterocycles. The van der Waals surface area contributed by atoms with E-state index in [9.17, 15) is 4.79 Å². The maximum absolute atomic E-state index is 12.0. The van der Waals surface area contributed by atoms with Crippen LogP contribution in [0.15, 0.2) is 0 Å². The monoisotopic (exact) mass is 236 g/mol. The maximum Gasteiger partial charge on any atom is 0.133 e. The number of Topliss-reactive ketones (excluding diaryl/α,β-unsaturated/α-hetero) is 1. The van der Waals surface area contributed by atoms with Gasteiger partial charge in [0.1, 0.15) is 5.78 Å². The van der Waals surface area contributed by atoms with E-state index in [0.29, 0.717) is 5.78 Å². The lowest BCUT2D eigenvalue weighted by Gasteiger charge is -2.23. The van der Waals surface area contributed by atoms with Crippen LogP contribution < -0.4 is 0 Å². The number of ketones is 1. The Kier molecular flexibility index (Phi) is 5.54. The molecule has 0 aliphatic heterocycles.